The maximum absolute atomic E-state index is 10.8. The molecule has 0 unspecified atom stereocenters. The van der Waals surface area contributed by atoms with Crippen LogP contribution < -0.4 is 5.43 Å². The molecule has 0 aliphatic rings. The largest absolute Gasteiger partial charge is 0.480 e. The number of carboxylic acid groups (broad SMARTS) is 2. The topological polar surface area (TPSA) is 117 Å². The number of aliphatic carboxylic acids is 1. The van der Waals surface area contributed by atoms with Crippen LogP contribution in [-0.2, 0) is 4.79 Å². The fraction of sp³-hybridized carbons (Fsp3) is 0.200. The molecule has 18 heavy (non-hydrogen) atoms. The van der Waals surface area contributed by atoms with Crippen molar-refractivity contribution in [2.45, 2.75) is 13.0 Å². The lowest BCUT2D eigenvalue weighted by molar-refractivity contribution is -0.137. The van der Waals surface area contributed by atoms with E-state index in [4.69, 9.17) is 10.2 Å². The van der Waals surface area contributed by atoms with E-state index in [1.54, 1.807) is 0 Å². The van der Waals surface area contributed by atoms with E-state index in [1.165, 1.54) is 25.1 Å². The summed E-state index contributed by atoms with van der Waals surface area (Å²) >= 11 is 0. The first-order valence-corrected chi connectivity index (χ1v) is 5.07. The first-order chi connectivity index (χ1) is 8.49. The summed E-state index contributed by atoms with van der Waals surface area (Å²) in [5.74, 6) is -2.12. The first-order valence-electron chi connectivity index (χ1n) is 5.07. The summed E-state index contributed by atoms with van der Waals surface area (Å²) in [5.41, 5.74) is 3.54. The molecular formula is C10H10N4O4. The van der Waals surface area contributed by atoms with E-state index < -0.39 is 18.0 Å². The lowest BCUT2D eigenvalue weighted by Crippen LogP contribution is -2.33. The van der Waals surface area contributed by atoms with E-state index in [0.717, 1.165) is 4.79 Å². The molecule has 0 saturated carbocycles. The minimum Gasteiger partial charge on any atom is -0.480 e. The summed E-state index contributed by atoms with van der Waals surface area (Å²) in [5, 5.41) is 25.2. The van der Waals surface area contributed by atoms with Gasteiger partial charge in [-0.05, 0) is 30.3 Å². The van der Waals surface area contributed by atoms with Gasteiger partial charge in [-0.25, -0.2) is 9.59 Å². The zero-order valence-electron chi connectivity index (χ0n) is 9.36. The second-order valence-electron chi connectivity index (χ2n) is 3.70. The number of rotatable bonds is 4. The lowest BCUT2D eigenvalue weighted by Gasteiger charge is -2.10. The molecule has 0 spiro atoms. The molecule has 0 radical (unpaired) electrons. The van der Waals surface area contributed by atoms with Gasteiger partial charge in [-0.1, -0.05) is 0 Å². The average Bonchev–Trinajstić information content (AvgIpc) is 2.71. The van der Waals surface area contributed by atoms with Crippen LogP contribution in [0.2, 0.25) is 0 Å². The van der Waals surface area contributed by atoms with Crippen LogP contribution in [0.15, 0.2) is 18.2 Å². The molecule has 3 N–H and O–H groups in total. The van der Waals surface area contributed by atoms with Gasteiger partial charge in [0, 0.05) is 0 Å². The van der Waals surface area contributed by atoms with Crippen LogP contribution in [0.1, 0.15) is 17.3 Å². The number of aromatic carboxylic acids is 1. The quantitative estimate of drug-likeness (QED) is 0.706. The molecule has 0 saturated heterocycles. The molecular weight excluding hydrogens is 240 g/mol. The number of benzene rings is 1. The lowest BCUT2D eigenvalue weighted by atomic mass is 10.2. The normalized spacial score (nSPS) is 12.3. The van der Waals surface area contributed by atoms with E-state index in [9.17, 15) is 9.59 Å². The highest BCUT2D eigenvalue weighted by Crippen LogP contribution is 2.12. The Hall–Kier alpha value is -2.64. The van der Waals surface area contributed by atoms with Gasteiger partial charge >= 0.3 is 11.9 Å². The van der Waals surface area contributed by atoms with Crippen LogP contribution in [-0.4, -0.2) is 43.3 Å². The van der Waals surface area contributed by atoms with E-state index in [2.05, 4.69) is 15.7 Å². The molecule has 8 nitrogen and oxygen atoms in total. The summed E-state index contributed by atoms with van der Waals surface area (Å²) in [4.78, 5) is 22.7. The molecule has 0 amide bonds. The summed E-state index contributed by atoms with van der Waals surface area (Å²) in [6.45, 7) is 1.44. The van der Waals surface area contributed by atoms with E-state index in [1.807, 2.05) is 0 Å². The van der Waals surface area contributed by atoms with Crippen molar-refractivity contribution in [2.75, 3.05) is 5.43 Å². The Morgan fingerprint density at radius 1 is 1.39 bits per heavy atom. The molecule has 0 aliphatic heterocycles. The zero-order valence-corrected chi connectivity index (χ0v) is 9.36. The van der Waals surface area contributed by atoms with Crippen molar-refractivity contribution >= 4 is 23.0 Å². The smallest absolute Gasteiger partial charge is 0.335 e. The second-order valence-corrected chi connectivity index (χ2v) is 3.70. The molecule has 0 bridgehead atoms. The SMILES string of the molecule is C[C@H](Nn1nnc2ccc(C(=O)O)cc21)C(=O)O. The van der Waals surface area contributed by atoms with Crippen molar-refractivity contribution in [3.63, 3.8) is 0 Å². The molecule has 0 aliphatic carbocycles. The molecule has 94 valence electrons. The van der Waals surface area contributed by atoms with Gasteiger partial charge in [-0.2, -0.15) is 4.79 Å². The molecule has 2 aromatic rings. The number of fused-ring (bicyclic) bond motifs is 1. The van der Waals surface area contributed by atoms with E-state index >= 15 is 0 Å². The Morgan fingerprint density at radius 2 is 2.11 bits per heavy atom. The van der Waals surface area contributed by atoms with E-state index in [-0.39, 0.29) is 5.56 Å². The number of carbonyl (C=O) groups is 2. The van der Waals surface area contributed by atoms with Crippen molar-refractivity contribution in [2.24, 2.45) is 0 Å². The van der Waals surface area contributed by atoms with Crippen LogP contribution in [0.25, 0.3) is 11.0 Å². The van der Waals surface area contributed by atoms with Crippen molar-refractivity contribution in [1.29, 1.82) is 0 Å². The van der Waals surface area contributed by atoms with Gasteiger partial charge in [0.15, 0.2) is 0 Å². The number of aromatic nitrogens is 3. The fourth-order valence-corrected chi connectivity index (χ4v) is 1.39. The third-order valence-electron chi connectivity index (χ3n) is 2.38. The van der Waals surface area contributed by atoms with Crippen LogP contribution >= 0.6 is 0 Å². The summed E-state index contributed by atoms with van der Waals surface area (Å²) in [6.07, 6.45) is 0. The Labute approximate surface area is 101 Å². The Bertz CT molecular complexity index is 621. The van der Waals surface area contributed by atoms with Gasteiger partial charge in [0.25, 0.3) is 0 Å². The number of hydrogen-bond donors (Lipinski definition) is 3. The monoisotopic (exact) mass is 250 g/mol. The standard InChI is InChI=1S/C10H10N4O4/c1-5(9(15)16)12-14-8-4-6(10(17)18)2-3-7(8)11-13-14/h2-5,12H,1H3,(H,15,16)(H,17,18)/t5-/m0/s1. The van der Waals surface area contributed by atoms with Crippen molar-refractivity contribution in [1.82, 2.24) is 15.1 Å². The van der Waals surface area contributed by atoms with Crippen LogP contribution in [0.4, 0.5) is 0 Å². The van der Waals surface area contributed by atoms with Crippen molar-refractivity contribution in [3.05, 3.63) is 23.8 Å². The highest BCUT2D eigenvalue weighted by atomic mass is 16.4. The van der Waals surface area contributed by atoms with Gasteiger partial charge in [-0.3, -0.25) is 5.43 Å². The Kier molecular flexibility index (Phi) is 2.84. The Morgan fingerprint density at radius 3 is 2.72 bits per heavy atom. The maximum Gasteiger partial charge on any atom is 0.335 e. The minimum atomic E-state index is -1.07. The molecule has 1 aromatic heterocycles. The van der Waals surface area contributed by atoms with Crippen molar-refractivity contribution < 1.29 is 19.8 Å². The minimum absolute atomic E-state index is 0.0795. The van der Waals surface area contributed by atoms with Gasteiger partial charge in [-0.15, -0.1) is 5.10 Å². The number of hydrogen-bond acceptors (Lipinski definition) is 5. The van der Waals surface area contributed by atoms with Crippen molar-refractivity contribution in [3.8, 4) is 0 Å². The van der Waals surface area contributed by atoms with Gasteiger partial charge in [0.1, 0.15) is 17.1 Å². The fourth-order valence-electron chi connectivity index (χ4n) is 1.39. The molecule has 2 rings (SSSR count). The van der Waals surface area contributed by atoms with Gasteiger partial charge in [0.2, 0.25) is 0 Å². The van der Waals surface area contributed by atoms with Crippen LogP contribution in [0.3, 0.4) is 0 Å². The first kappa shape index (κ1) is 11.8. The van der Waals surface area contributed by atoms with Gasteiger partial charge in [0.05, 0.1) is 5.56 Å². The maximum atomic E-state index is 10.8. The van der Waals surface area contributed by atoms with E-state index in [0.29, 0.717) is 11.0 Å². The molecule has 1 aromatic carbocycles. The molecule has 0 fully saturated rings. The zero-order chi connectivity index (χ0) is 13.3. The predicted molar refractivity (Wildman–Crippen MR) is 60.9 cm³/mol. The third-order valence-corrected chi connectivity index (χ3v) is 2.38. The number of nitrogens with zero attached hydrogens (tertiary/aromatic N) is 3. The number of carboxylic acids is 2. The summed E-state index contributed by atoms with van der Waals surface area (Å²) in [7, 11) is 0. The second kappa shape index (κ2) is 4.32. The summed E-state index contributed by atoms with van der Waals surface area (Å²) in [6, 6.07) is 3.42. The van der Waals surface area contributed by atoms with Gasteiger partial charge < -0.3 is 10.2 Å². The molecule has 1 heterocycles. The predicted octanol–water partition coefficient (Wildman–Crippen LogP) is 0.146. The average molecular weight is 250 g/mol. The molecule has 1 atom stereocenters. The Balaban J connectivity index is 2.42. The summed E-state index contributed by atoms with van der Waals surface area (Å²) < 4.78 is 0. The van der Waals surface area contributed by atoms with Crippen LogP contribution in [0.5, 0.6) is 0 Å². The highest BCUT2D eigenvalue weighted by Gasteiger charge is 2.14. The molecule has 8 heteroatoms. The highest BCUT2D eigenvalue weighted by molar-refractivity contribution is 5.92. The number of nitrogens with one attached hydrogen (secondary N) is 1. The van der Waals surface area contributed by atoms with Crippen LogP contribution in [0, 0.1) is 0 Å². The third kappa shape index (κ3) is 2.08.